The average molecular weight is 314 g/mol. The van der Waals surface area contributed by atoms with Crippen LogP contribution in [0.25, 0.3) is 0 Å². The molecule has 2 rings (SSSR count). The Morgan fingerprint density at radius 2 is 1.61 bits per heavy atom. The van der Waals surface area contributed by atoms with Crippen molar-refractivity contribution < 1.29 is 19.1 Å². The van der Waals surface area contributed by atoms with E-state index in [9.17, 15) is 9.59 Å². The van der Waals surface area contributed by atoms with Gasteiger partial charge in [-0.05, 0) is 30.3 Å². The summed E-state index contributed by atoms with van der Waals surface area (Å²) in [5.41, 5.74) is 1.31. The Morgan fingerprint density at radius 3 is 2.26 bits per heavy atom. The second kappa shape index (κ2) is 7.84. The molecule has 0 spiro atoms. The molecule has 0 saturated heterocycles. The van der Waals surface area contributed by atoms with Crippen LogP contribution in [0.3, 0.4) is 0 Å². The summed E-state index contributed by atoms with van der Waals surface area (Å²) in [5.74, 6) is -0.122. The molecule has 2 N–H and O–H groups in total. The highest BCUT2D eigenvalue weighted by Crippen LogP contribution is 2.17. The van der Waals surface area contributed by atoms with E-state index in [1.54, 1.807) is 44.6 Å². The van der Waals surface area contributed by atoms with Gasteiger partial charge in [-0.1, -0.05) is 18.2 Å². The molecule has 6 heteroatoms. The van der Waals surface area contributed by atoms with Gasteiger partial charge in [-0.25, -0.2) is 0 Å². The molecule has 0 radical (unpaired) electrons. The molecule has 0 unspecified atom stereocenters. The molecule has 0 saturated carbocycles. The maximum Gasteiger partial charge on any atom is 0.313 e. The monoisotopic (exact) mass is 314 g/mol. The smallest absolute Gasteiger partial charge is 0.313 e. The summed E-state index contributed by atoms with van der Waals surface area (Å²) in [6, 6.07) is 14.0. The van der Waals surface area contributed by atoms with Crippen LogP contribution in [0.1, 0.15) is 5.56 Å². The van der Waals surface area contributed by atoms with Gasteiger partial charge in [-0.2, -0.15) is 0 Å². The van der Waals surface area contributed by atoms with Gasteiger partial charge in [0.15, 0.2) is 0 Å². The van der Waals surface area contributed by atoms with Crippen LogP contribution in [-0.2, 0) is 16.1 Å². The zero-order valence-electron chi connectivity index (χ0n) is 13.0. The number of amides is 2. The maximum absolute atomic E-state index is 11.9. The van der Waals surface area contributed by atoms with Gasteiger partial charge < -0.3 is 20.1 Å². The molecule has 2 aromatic carbocycles. The molecular formula is C17H18N2O4. The van der Waals surface area contributed by atoms with Crippen LogP contribution < -0.4 is 20.1 Å². The Balaban J connectivity index is 1.90. The number of rotatable bonds is 5. The highest BCUT2D eigenvalue weighted by Gasteiger charge is 2.14. The van der Waals surface area contributed by atoms with Crippen molar-refractivity contribution in [1.82, 2.24) is 5.32 Å². The third kappa shape index (κ3) is 4.47. The van der Waals surface area contributed by atoms with Gasteiger partial charge in [0.25, 0.3) is 0 Å². The van der Waals surface area contributed by atoms with Crippen LogP contribution in [0.15, 0.2) is 48.5 Å². The quantitative estimate of drug-likeness (QED) is 0.827. The molecular weight excluding hydrogens is 296 g/mol. The van der Waals surface area contributed by atoms with E-state index in [1.165, 1.54) is 0 Å². The van der Waals surface area contributed by atoms with Gasteiger partial charge in [-0.15, -0.1) is 0 Å². The molecule has 23 heavy (non-hydrogen) atoms. The average Bonchev–Trinajstić information content (AvgIpc) is 2.60. The van der Waals surface area contributed by atoms with Gasteiger partial charge in [0.1, 0.15) is 11.5 Å². The first-order chi connectivity index (χ1) is 11.1. The number of hydrogen-bond donors (Lipinski definition) is 2. The van der Waals surface area contributed by atoms with Gasteiger partial charge >= 0.3 is 11.8 Å². The third-order valence-electron chi connectivity index (χ3n) is 3.19. The number of nitrogens with one attached hydrogen (secondary N) is 2. The molecule has 0 bridgehead atoms. The normalized spacial score (nSPS) is 9.83. The molecule has 0 heterocycles. The zero-order chi connectivity index (χ0) is 16.7. The Morgan fingerprint density at radius 1 is 0.913 bits per heavy atom. The molecule has 2 aromatic rings. The number of benzene rings is 2. The van der Waals surface area contributed by atoms with Crippen molar-refractivity contribution in [1.29, 1.82) is 0 Å². The standard InChI is InChI=1S/C17H18N2O4/c1-22-14-9-7-13(8-10-14)19-17(21)16(20)18-11-12-5-3-4-6-15(12)23-2/h3-10H,11H2,1-2H3,(H,18,20)(H,19,21). The number of carbonyl (C=O) groups is 2. The fraction of sp³-hybridized carbons (Fsp3) is 0.176. The minimum atomic E-state index is -0.731. The van der Waals surface area contributed by atoms with Crippen LogP contribution in [0.5, 0.6) is 11.5 Å². The number of carbonyl (C=O) groups excluding carboxylic acids is 2. The van der Waals surface area contributed by atoms with Crippen LogP contribution >= 0.6 is 0 Å². The summed E-state index contributed by atoms with van der Waals surface area (Å²) in [7, 11) is 3.11. The Labute approximate surface area is 134 Å². The lowest BCUT2D eigenvalue weighted by Gasteiger charge is -2.10. The van der Waals surface area contributed by atoms with Crippen LogP contribution in [0, 0.1) is 0 Å². The molecule has 0 aliphatic carbocycles. The second-order valence-electron chi connectivity index (χ2n) is 4.68. The Bertz CT molecular complexity index is 683. The number of hydrogen-bond acceptors (Lipinski definition) is 4. The summed E-state index contributed by atoms with van der Waals surface area (Å²) in [4.78, 5) is 23.7. The van der Waals surface area contributed by atoms with E-state index < -0.39 is 11.8 Å². The number of anilines is 1. The predicted octanol–water partition coefficient (Wildman–Crippen LogP) is 1.96. The lowest BCUT2D eigenvalue weighted by atomic mass is 10.2. The fourth-order valence-corrected chi connectivity index (χ4v) is 1.97. The molecule has 0 atom stereocenters. The third-order valence-corrected chi connectivity index (χ3v) is 3.19. The zero-order valence-corrected chi connectivity index (χ0v) is 13.0. The molecule has 0 aromatic heterocycles. The largest absolute Gasteiger partial charge is 0.497 e. The second-order valence-corrected chi connectivity index (χ2v) is 4.68. The van der Waals surface area contributed by atoms with Crippen molar-refractivity contribution in [2.24, 2.45) is 0 Å². The Hall–Kier alpha value is -3.02. The maximum atomic E-state index is 11.9. The van der Waals surface area contributed by atoms with E-state index in [0.29, 0.717) is 17.2 Å². The van der Waals surface area contributed by atoms with Crippen molar-refractivity contribution in [3.63, 3.8) is 0 Å². The summed E-state index contributed by atoms with van der Waals surface area (Å²) in [5, 5.41) is 5.08. The topological polar surface area (TPSA) is 76.7 Å². The van der Waals surface area contributed by atoms with E-state index in [1.807, 2.05) is 18.2 Å². The number of ether oxygens (including phenoxy) is 2. The van der Waals surface area contributed by atoms with Gasteiger partial charge in [0.05, 0.1) is 14.2 Å². The number of para-hydroxylation sites is 1. The van der Waals surface area contributed by atoms with E-state index in [0.717, 1.165) is 5.56 Å². The van der Waals surface area contributed by atoms with Crippen molar-refractivity contribution in [3.05, 3.63) is 54.1 Å². The molecule has 2 amide bonds. The molecule has 0 aliphatic rings. The highest BCUT2D eigenvalue weighted by atomic mass is 16.5. The number of methoxy groups -OCH3 is 2. The SMILES string of the molecule is COc1ccc(NC(=O)C(=O)NCc2ccccc2OC)cc1. The van der Waals surface area contributed by atoms with Gasteiger partial charge in [0, 0.05) is 17.8 Å². The fourth-order valence-electron chi connectivity index (χ4n) is 1.97. The van der Waals surface area contributed by atoms with Crippen LogP contribution in [-0.4, -0.2) is 26.0 Å². The van der Waals surface area contributed by atoms with E-state index in [4.69, 9.17) is 9.47 Å². The van der Waals surface area contributed by atoms with Crippen molar-refractivity contribution in [2.45, 2.75) is 6.54 Å². The van der Waals surface area contributed by atoms with Gasteiger partial charge in [-0.3, -0.25) is 9.59 Å². The summed E-state index contributed by atoms with van der Waals surface area (Å²) in [6.45, 7) is 0.207. The highest BCUT2D eigenvalue weighted by molar-refractivity contribution is 6.39. The summed E-state index contributed by atoms with van der Waals surface area (Å²) >= 11 is 0. The summed E-state index contributed by atoms with van der Waals surface area (Å²) in [6.07, 6.45) is 0. The molecule has 0 aliphatic heterocycles. The predicted molar refractivity (Wildman–Crippen MR) is 86.5 cm³/mol. The van der Waals surface area contributed by atoms with Crippen molar-refractivity contribution in [3.8, 4) is 11.5 Å². The lowest BCUT2D eigenvalue weighted by Crippen LogP contribution is -2.35. The van der Waals surface area contributed by atoms with Crippen molar-refractivity contribution >= 4 is 17.5 Å². The van der Waals surface area contributed by atoms with Crippen LogP contribution in [0.4, 0.5) is 5.69 Å². The van der Waals surface area contributed by atoms with E-state index in [-0.39, 0.29) is 6.54 Å². The summed E-state index contributed by atoms with van der Waals surface area (Å²) < 4.78 is 10.2. The molecule has 120 valence electrons. The first-order valence-electron chi connectivity index (χ1n) is 6.99. The van der Waals surface area contributed by atoms with E-state index >= 15 is 0 Å². The minimum absolute atomic E-state index is 0.207. The van der Waals surface area contributed by atoms with Crippen LogP contribution in [0.2, 0.25) is 0 Å². The molecule has 0 fully saturated rings. The molecule has 6 nitrogen and oxygen atoms in total. The van der Waals surface area contributed by atoms with Crippen molar-refractivity contribution in [2.75, 3.05) is 19.5 Å². The van der Waals surface area contributed by atoms with Gasteiger partial charge in [0.2, 0.25) is 0 Å². The first kappa shape index (κ1) is 16.4. The first-order valence-corrected chi connectivity index (χ1v) is 6.99. The lowest BCUT2D eigenvalue weighted by molar-refractivity contribution is -0.136. The minimum Gasteiger partial charge on any atom is -0.497 e. The van der Waals surface area contributed by atoms with E-state index in [2.05, 4.69) is 10.6 Å². The Kier molecular flexibility index (Phi) is 5.57.